The molecule has 3 rings (SSSR count). The summed E-state index contributed by atoms with van der Waals surface area (Å²) in [6.07, 6.45) is 2.39. The van der Waals surface area contributed by atoms with Gasteiger partial charge in [-0.3, -0.25) is 0 Å². The number of hydrogen-bond acceptors (Lipinski definition) is 4. The van der Waals surface area contributed by atoms with Gasteiger partial charge in [0.25, 0.3) is 0 Å². The average Bonchev–Trinajstić information content (AvgIpc) is 2.96. The fourth-order valence-electron chi connectivity index (χ4n) is 1.39. The molecule has 0 aliphatic heterocycles. The van der Waals surface area contributed by atoms with Crippen molar-refractivity contribution >= 4 is 6.01 Å². The van der Waals surface area contributed by atoms with Crippen LogP contribution >= 0.6 is 0 Å². The van der Waals surface area contributed by atoms with Crippen molar-refractivity contribution in [3.63, 3.8) is 0 Å². The molecule has 0 radical (unpaired) electrons. The Kier molecular flexibility index (Phi) is 1.91. The van der Waals surface area contributed by atoms with E-state index in [1.54, 1.807) is 0 Å². The highest BCUT2D eigenvalue weighted by Crippen LogP contribution is 2.25. The van der Waals surface area contributed by atoms with Gasteiger partial charge >= 0.3 is 6.01 Å². The second-order valence-corrected chi connectivity index (χ2v) is 3.71. The lowest BCUT2D eigenvalue weighted by Crippen LogP contribution is -2.00. The summed E-state index contributed by atoms with van der Waals surface area (Å²) >= 11 is 0. The van der Waals surface area contributed by atoms with Gasteiger partial charge in [0.15, 0.2) is 0 Å². The van der Waals surface area contributed by atoms with Crippen LogP contribution in [0, 0.1) is 0 Å². The molecule has 1 aromatic carbocycles. The topological polar surface area (TPSA) is 51.0 Å². The lowest BCUT2D eigenvalue weighted by atomic mass is 10.2. The minimum absolute atomic E-state index is 0.524. The van der Waals surface area contributed by atoms with Crippen molar-refractivity contribution in [2.45, 2.75) is 18.9 Å². The largest absolute Gasteiger partial charge is 0.335 e. The van der Waals surface area contributed by atoms with E-state index in [2.05, 4.69) is 15.5 Å². The first kappa shape index (κ1) is 8.47. The number of aromatic nitrogens is 2. The summed E-state index contributed by atoms with van der Waals surface area (Å²) in [7, 11) is 0. The molecule has 0 spiro atoms. The number of hydrogen-bond donors (Lipinski definition) is 1. The molecule has 4 heteroatoms. The van der Waals surface area contributed by atoms with Crippen LogP contribution in [0.2, 0.25) is 0 Å². The predicted octanol–water partition coefficient (Wildman–Crippen LogP) is 2.31. The second kappa shape index (κ2) is 3.38. The molecular formula is C11H11N3O. The zero-order valence-corrected chi connectivity index (χ0v) is 8.18. The monoisotopic (exact) mass is 201 g/mol. The first-order valence-electron chi connectivity index (χ1n) is 5.07. The Labute approximate surface area is 87.3 Å². The van der Waals surface area contributed by atoms with Crippen LogP contribution in [-0.2, 0) is 0 Å². The lowest BCUT2D eigenvalue weighted by Gasteiger charge is -1.93. The van der Waals surface area contributed by atoms with Crippen LogP contribution in [0.1, 0.15) is 12.8 Å². The summed E-state index contributed by atoms with van der Waals surface area (Å²) < 4.78 is 5.10. The molecule has 1 aliphatic carbocycles. The normalized spacial score (nSPS) is 15.2. The number of benzene rings is 1. The molecule has 15 heavy (non-hydrogen) atoms. The van der Waals surface area contributed by atoms with Crippen LogP contribution in [0.25, 0.3) is 11.4 Å². The first-order chi connectivity index (χ1) is 7.42. The number of anilines is 1. The maximum atomic E-state index is 5.10. The maximum Gasteiger partial charge on any atom is 0.322 e. The lowest BCUT2D eigenvalue weighted by molar-refractivity contribution is 0.432. The van der Waals surface area contributed by atoms with Crippen LogP contribution in [0.15, 0.2) is 34.9 Å². The van der Waals surface area contributed by atoms with Crippen molar-refractivity contribution in [3.05, 3.63) is 30.3 Å². The zero-order chi connectivity index (χ0) is 10.1. The van der Waals surface area contributed by atoms with Crippen molar-refractivity contribution in [2.24, 2.45) is 0 Å². The molecule has 1 aromatic heterocycles. The van der Waals surface area contributed by atoms with E-state index in [9.17, 15) is 0 Å². The van der Waals surface area contributed by atoms with Crippen LogP contribution in [0.5, 0.6) is 0 Å². The Morgan fingerprint density at radius 2 is 2.00 bits per heavy atom. The molecule has 4 nitrogen and oxygen atoms in total. The van der Waals surface area contributed by atoms with Gasteiger partial charge in [-0.2, -0.15) is 4.98 Å². The Morgan fingerprint density at radius 1 is 1.20 bits per heavy atom. The zero-order valence-electron chi connectivity index (χ0n) is 8.18. The predicted molar refractivity (Wildman–Crippen MR) is 56.4 cm³/mol. The molecule has 1 fully saturated rings. The van der Waals surface area contributed by atoms with Crippen molar-refractivity contribution < 1.29 is 4.52 Å². The quantitative estimate of drug-likeness (QED) is 0.827. The third kappa shape index (κ3) is 1.83. The summed E-state index contributed by atoms with van der Waals surface area (Å²) in [5.74, 6) is 0.638. The fraction of sp³-hybridized carbons (Fsp3) is 0.273. The summed E-state index contributed by atoms with van der Waals surface area (Å²) in [6, 6.07) is 10.9. The van der Waals surface area contributed by atoms with Gasteiger partial charge in [0.1, 0.15) is 0 Å². The van der Waals surface area contributed by atoms with Crippen LogP contribution in [0.3, 0.4) is 0 Å². The van der Waals surface area contributed by atoms with Gasteiger partial charge in [0.2, 0.25) is 5.82 Å². The van der Waals surface area contributed by atoms with Crippen LogP contribution in [0.4, 0.5) is 6.01 Å². The Bertz CT molecular complexity index is 448. The smallest absolute Gasteiger partial charge is 0.322 e. The number of rotatable bonds is 3. The van der Waals surface area contributed by atoms with Gasteiger partial charge in [0, 0.05) is 11.6 Å². The molecule has 0 unspecified atom stereocenters. The standard InChI is InChI=1S/C11H11N3O/c1-2-4-8(5-3-1)10-13-11(15-14-10)12-9-6-7-9/h1-5,9H,6-7H2,(H,12,13,14). The maximum absolute atomic E-state index is 5.10. The Hall–Kier alpha value is -1.84. The van der Waals surface area contributed by atoms with Crippen molar-refractivity contribution in [2.75, 3.05) is 5.32 Å². The van der Waals surface area contributed by atoms with E-state index >= 15 is 0 Å². The Morgan fingerprint density at radius 3 is 2.73 bits per heavy atom. The minimum atomic E-state index is 0.524. The first-order valence-corrected chi connectivity index (χ1v) is 5.07. The van der Waals surface area contributed by atoms with Crippen molar-refractivity contribution in [3.8, 4) is 11.4 Å². The van der Waals surface area contributed by atoms with Gasteiger partial charge in [-0.25, -0.2) is 0 Å². The summed E-state index contributed by atoms with van der Waals surface area (Å²) in [5.41, 5.74) is 0.977. The summed E-state index contributed by atoms with van der Waals surface area (Å²) in [5, 5.41) is 7.08. The molecule has 1 aliphatic rings. The molecule has 1 N–H and O–H groups in total. The van der Waals surface area contributed by atoms with E-state index in [0.717, 1.165) is 5.56 Å². The molecular weight excluding hydrogens is 190 g/mol. The third-order valence-electron chi connectivity index (χ3n) is 2.36. The van der Waals surface area contributed by atoms with Gasteiger partial charge in [-0.15, -0.1) is 0 Å². The average molecular weight is 201 g/mol. The van der Waals surface area contributed by atoms with E-state index in [1.165, 1.54) is 12.8 Å². The van der Waals surface area contributed by atoms with Crippen LogP contribution in [-0.4, -0.2) is 16.2 Å². The molecule has 0 bridgehead atoms. The highest BCUT2D eigenvalue weighted by atomic mass is 16.5. The molecule has 0 amide bonds. The SMILES string of the molecule is c1ccc(-c2noc(NC3CC3)n2)cc1. The van der Waals surface area contributed by atoms with Crippen molar-refractivity contribution in [1.82, 2.24) is 10.1 Å². The molecule has 2 aromatic rings. The van der Waals surface area contributed by atoms with E-state index in [4.69, 9.17) is 4.52 Å². The van der Waals surface area contributed by atoms with Crippen molar-refractivity contribution in [1.29, 1.82) is 0 Å². The fourth-order valence-corrected chi connectivity index (χ4v) is 1.39. The van der Waals surface area contributed by atoms with E-state index < -0.39 is 0 Å². The number of nitrogens with one attached hydrogen (secondary N) is 1. The number of nitrogens with zero attached hydrogens (tertiary/aromatic N) is 2. The van der Waals surface area contributed by atoms with Gasteiger partial charge in [-0.1, -0.05) is 35.5 Å². The van der Waals surface area contributed by atoms with Gasteiger partial charge in [0.05, 0.1) is 0 Å². The second-order valence-electron chi connectivity index (χ2n) is 3.71. The molecule has 0 saturated heterocycles. The molecule has 1 saturated carbocycles. The summed E-state index contributed by atoms with van der Waals surface area (Å²) in [6.45, 7) is 0. The third-order valence-corrected chi connectivity index (χ3v) is 2.36. The highest BCUT2D eigenvalue weighted by molar-refractivity contribution is 5.55. The molecule has 76 valence electrons. The molecule has 1 heterocycles. The van der Waals surface area contributed by atoms with Gasteiger partial charge in [-0.05, 0) is 12.8 Å². The Balaban J connectivity index is 1.83. The van der Waals surface area contributed by atoms with Crippen LogP contribution < -0.4 is 5.32 Å². The minimum Gasteiger partial charge on any atom is -0.335 e. The van der Waals surface area contributed by atoms with Gasteiger partial charge < -0.3 is 9.84 Å². The summed E-state index contributed by atoms with van der Waals surface area (Å²) in [4.78, 5) is 4.27. The van der Waals surface area contributed by atoms with E-state index in [1.807, 2.05) is 30.3 Å². The van der Waals surface area contributed by atoms with E-state index in [0.29, 0.717) is 17.9 Å². The highest BCUT2D eigenvalue weighted by Gasteiger charge is 2.23. The van der Waals surface area contributed by atoms with E-state index in [-0.39, 0.29) is 0 Å². The molecule has 0 atom stereocenters.